The van der Waals surface area contributed by atoms with E-state index in [1.165, 1.54) is 70.6 Å². The Morgan fingerprint density at radius 1 is 0.742 bits per heavy atom. The lowest BCUT2D eigenvalue weighted by molar-refractivity contribution is 0.108. The second-order valence-corrected chi connectivity index (χ2v) is 10.8. The number of hydrogen-bond acceptors (Lipinski definition) is 1. The van der Waals surface area contributed by atoms with Gasteiger partial charge in [0.05, 0.1) is 6.61 Å². The van der Waals surface area contributed by atoms with Gasteiger partial charge in [0.15, 0.2) is 11.6 Å². The van der Waals surface area contributed by atoms with Gasteiger partial charge >= 0.3 is 0 Å². The van der Waals surface area contributed by atoms with Gasteiger partial charge in [0.2, 0.25) is 5.82 Å². The first-order valence-electron chi connectivity index (χ1n) is 13.2. The molecule has 1 aromatic rings. The quantitative estimate of drug-likeness (QED) is 0.419. The highest BCUT2D eigenvalue weighted by Gasteiger charge is 2.37. The molecule has 31 heavy (non-hydrogen) atoms. The van der Waals surface area contributed by atoms with Gasteiger partial charge in [-0.15, -0.1) is 0 Å². The van der Waals surface area contributed by atoms with Crippen LogP contribution < -0.4 is 4.74 Å². The average molecular weight is 433 g/mol. The topological polar surface area (TPSA) is 9.23 Å². The van der Waals surface area contributed by atoms with Crippen molar-refractivity contribution in [3.8, 4) is 5.75 Å². The van der Waals surface area contributed by atoms with Crippen LogP contribution in [0, 0.1) is 41.2 Å². The molecule has 4 atom stereocenters. The molecule has 3 saturated carbocycles. The van der Waals surface area contributed by atoms with Gasteiger partial charge in [-0.2, -0.15) is 4.39 Å². The lowest BCUT2D eigenvalue weighted by Crippen LogP contribution is -2.31. The van der Waals surface area contributed by atoms with Crippen LogP contribution in [0.2, 0.25) is 0 Å². The molecule has 0 amide bonds. The maximum atomic E-state index is 14.7. The van der Waals surface area contributed by atoms with E-state index in [0.29, 0.717) is 18.1 Å². The zero-order valence-electron chi connectivity index (χ0n) is 19.7. The van der Waals surface area contributed by atoms with E-state index >= 15 is 0 Å². The van der Waals surface area contributed by atoms with Gasteiger partial charge in [-0.1, -0.05) is 64.4 Å². The molecule has 3 aliphatic rings. The van der Waals surface area contributed by atoms with E-state index in [-0.39, 0.29) is 11.7 Å². The van der Waals surface area contributed by atoms with Crippen LogP contribution in [0.5, 0.6) is 5.75 Å². The summed E-state index contributed by atoms with van der Waals surface area (Å²) in [5, 5.41) is 0. The SMILES string of the molecule is CCOc1ccc(C2CCC3CC(CCC4CCC(CC)CC4)CCC3C2)c(F)c1F. The number of benzene rings is 1. The summed E-state index contributed by atoms with van der Waals surface area (Å²) < 4.78 is 34.3. The Kier molecular flexibility index (Phi) is 7.93. The van der Waals surface area contributed by atoms with Gasteiger partial charge in [0.25, 0.3) is 0 Å². The number of ether oxygens (including phenoxy) is 1. The minimum Gasteiger partial charge on any atom is -0.491 e. The van der Waals surface area contributed by atoms with Crippen LogP contribution in [-0.2, 0) is 0 Å². The summed E-state index contributed by atoms with van der Waals surface area (Å²) >= 11 is 0. The molecular formula is C28H42F2O. The summed E-state index contributed by atoms with van der Waals surface area (Å²) in [5.41, 5.74) is 0.573. The summed E-state index contributed by atoms with van der Waals surface area (Å²) in [6.07, 6.45) is 17.3. The molecule has 174 valence electrons. The monoisotopic (exact) mass is 432 g/mol. The van der Waals surface area contributed by atoms with Crippen molar-refractivity contribution in [2.45, 2.75) is 103 Å². The lowest BCUT2D eigenvalue weighted by Gasteiger charge is -2.43. The molecule has 0 aromatic heterocycles. The first-order chi connectivity index (χ1) is 15.1. The van der Waals surface area contributed by atoms with Crippen molar-refractivity contribution in [3.63, 3.8) is 0 Å². The number of hydrogen-bond donors (Lipinski definition) is 0. The smallest absolute Gasteiger partial charge is 0.200 e. The number of halogens is 2. The van der Waals surface area contributed by atoms with Crippen molar-refractivity contribution < 1.29 is 13.5 Å². The molecule has 0 N–H and O–H groups in total. The Balaban J connectivity index is 1.27. The molecule has 4 unspecified atom stereocenters. The molecule has 3 aliphatic carbocycles. The van der Waals surface area contributed by atoms with Crippen LogP contribution in [0.4, 0.5) is 8.78 Å². The Morgan fingerprint density at radius 3 is 2.13 bits per heavy atom. The second kappa shape index (κ2) is 10.7. The molecular weight excluding hydrogens is 390 g/mol. The van der Waals surface area contributed by atoms with Crippen molar-refractivity contribution >= 4 is 0 Å². The first-order valence-corrected chi connectivity index (χ1v) is 13.2. The van der Waals surface area contributed by atoms with Gasteiger partial charge in [-0.25, -0.2) is 4.39 Å². The van der Waals surface area contributed by atoms with Crippen molar-refractivity contribution in [1.82, 2.24) is 0 Å². The number of fused-ring (bicyclic) bond motifs is 1. The Labute approximate surface area is 188 Å². The molecule has 0 radical (unpaired) electrons. The Bertz CT molecular complexity index is 709. The third-order valence-electron chi connectivity index (χ3n) is 9.06. The molecule has 1 nitrogen and oxygen atoms in total. The highest BCUT2D eigenvalue weighted by atomic mass is 19.2. The molecule has 0 saturated heterocycles. The molecule has 0 spiro atoms. The summed E-state index contributed by atoms with van der Waals surface area (Å²) in [6, 6.07) is 3.39. The summed E-state index contributed by atoms with van der Waals surface area (Å²) in [4.78, 5) is 0. The predicted octanol–water partition coefficient (Wildman–Crippen LogP) is 8.66. The summed E-state index contributed by atoms with van der Waals surface area (Å²) in [7, 11) is 0. The summed E-state index contributed by atoms with van der Waals surface area (Å²) in [6.45, 7) is 4.49. The van der Waals surface area contributed by atoms with Crippen molar-refractivity contribution in [3.05, 3.63) is 29.3 Å². The first kappa shape index (κ1) is 23.1. The van der Waals surface area contributed by atoms with Crippen molar-refractivity contribution in [2.24, 2.45) is 29.6 Å². The molecule has 0 bridgehead atoms. The molecule has 3 heteroatoms. The fourth-order valence-corrected chi connectivity index (χ4v) is 7.06. The molecule has 3 fully saturated rings. The highest BCUT2D eigenvalue weighted by molar-refractivity contribution is 5.33. The van der Waals surface area contributed by atoms with Crippen LogP contribution in [0.15, 0.2) is 12.1 Å². The molecule has 0 heterocycles. The zero-order valence-corrected chi connectivity index (χ0v) is 19.7. The van der Waals surface area contributed by atoms with E-state index < -0.39 is 11.6 Å². The van der Waals surface area contributed by atoms with Crippen LogP contribution in [0.3, 0.4) is 0 Å². The van der Waals surface area contributed by atoms with Gasteiger partial charge in [0.1, 0.15) is 0 Å². The fourth-order valence-electron chi connectivity index (χ4n) is 7.06. The Hall–Kier alpha value is -1.12. The average Bonchev–Trinajstić information content (AvgIpc) is 2.81. The predicted molar refractivity (Wildman–Crippen MR) is 123 cm³/mol. The van der Waals surface area contributed by atoms with Crippen LogP contribution in [-0.4, -0.2) is 6.61 Å². The third-order valence-corrected chi connectivity index (χ3v) is 9.06. The minimum absolute atomic E-state index is 0.0427. The standard InChI is InChI=1S/C28H42F2O/c1-3-19-5-7-20(8-6-19)9-10-21-11-12-23-18-24(14-13-22(23)17-21)25-15-16-26(31-4-2)28(30)27(25)29/h15-16,19-24H,3-14,17-18H2,1-2H3. The number of rotatable bonds is 7. The van der Waals surface area contributed by atoms with Crippen molar-refractivity contribution in [1.29, 1.82) is 0 Å². The minimum atomic E-state index is -0.807. The molecule has 4 rings (SSSR count). The van der Waals surface area contributed by atoms with Crippen LogP contribution in [0.1, 0.15) is 109 Å². The molecule has 1 aromatic carbocycles. The van der Waals surface area contributed by atoms with E-state index in [0.717, 1.165) is 36.5 Å². The lowest BCUT2D eigenvalue weighted by atomic mass is 9.63. The maximum Gasteiger partial charge on any atom is 0.200 e. The van der Waals surface area contributed by atoms with E-state index in [2.05, 4.69) is 6.92 Å². The van der Waals surface area contributed by atoms with Crippen LogP contribution in [0.25, 0.3) is 0 Å². The van der Waals surface area contributed by atoms with Crippen LogP contribution >= 0.6 is 0 Å². The van der Waals surface area contributed by atoms with E-state index in [1.807, 2.05) is 0 Å². The van der Waals surface area contributed by atoms with Crippen molar-refractivity contribution in [2.75, 3.05) is 6.61 Å². The zero-order chi connectivity index (χ0) is 21.8. The van der Waals surface area contributed by atoms with Gasteiger partial charge in [0, 0.05) is 0 Å². The van der Waals surface area contributed by atoms with Gasteiger partial charge in [-0.3, -0.25) is 0 Å². The van der Waals surface area contributed by atoms with E-state index in [1.54, 1.807) is 19.1 Å². The third kappa shape index (κ3) is 5.45. The van der Waals surface area contributed by atoms with E-state index in [4.69, 9.17) is 4.74 Å². The van der Waals surface area contributed by atoms with E-state index in [9.17, 15) is 8.78 Å². The van der Waals surface area contributed by atoms with Gasteiger partial charge < -0.3 is 4.74 Å². The summed E-state index contributed by atoms with van der Waals surface area (Å²) in [5.74, 6) is 3.10. The normalized spacial score (nSPS) is 33.7. The fraction of sp³-hybridized carbons (Fsp3) is 0.786. The van der Waals surface area contributed by atoms with Gasteiger partial charge in [-0.05, 0) is 86.2 Å². The maximum absolute atomic E-state index is 14.7. The largest absolute Gasteiger partial charge is 0.491 e. The Morgan fingerprint density at radius 2 is 1.39 bits per heavy atom. The second-order valence-electron chi connectivity index (χ2n) is 10.8. The molecule has 0 aliphatic heterocycles. The highest BCUT2D eigenvalue weighted by Crippen LogP contribution is 2.49.